The lowest BCUT2D eigenvalue weighted by Gasteiger charge is -2.11. The Morgan fingerprint density at radius 2 is 1.60 bits per heavy atom. The Bertz CT molecular complexity index is 1550. The third-order valence-electron chi connectivity index (χ3n) is 5.56. The summed E-state index contributed by atoms with van der Waals surface area (Å²) < 4.78 is 39.5. The van der Waals surface area contributed by atoms with Crippen LogP contribution in [0.4, 0.5) is 5.69 Å². The van der Waals surface area contributed by atoms with Crippen LogP contribution in [0.3, 0.4) is 0 Å². The summed E-state index contributed by atoms with van der Waals surface area (Å²) in [7, 11) is -0.860. The van der Waals surface area contributed by atoms with E-state index in [0.717, 1.165) is 11.3 Å². The van der Waals surface area contributed by atoms with Gasteiger partial charge in [0.05, 0.1) is 18.5 Å². The number of ether oxygens (including phenoxy) is 1. The second-order valence-corrected chi connectivity index (χ2v) is 9.48. The van der Waals surface area contributed by atoms with Gasteiger partial charge in [0.2, 0.25) is 0 Å². The van der Waals surface area contributed by atoms with Gasteiger partial charge < -0.3 is 8.92 Å². The maximum Gasteiger partial charge on any atom is 0.339 e. The highest BCUT2D eigenvalue weighted by molar-refractivity contribution is 7.87. The Kier molecular flexibility index (Phi) is 6.61. The van der Waals surface area contributed by atoms with Crippen molar-refractivity contribution in [1.82, 2.24) is 9.36 Å². The molecule has 0 unspecified atom stereocenters. The molecule has 0 N–H and O–H groups in total. The Hall–Kier alpha value is -4.11. The lowest BCUT2D eigenvalue weighted by Crippen LogP contribution is -2.19. The molecule has 9 heteroatoms. The van der Waals surface area contributed by atoms with E-state index in [-0.39, 0.29) is 27.6 Å². The zero-order chi connectivity index (χ0) is 25.2. The van der Waals surface area contributed by atoms with Gasteiger partial charge in [-0.3, -0.25) is 9.48 Å². The van der Waals surface area contributed by atoms with Crippen LogP contribution in [0.1, 0.15) is 16.8 Å². The van der Waals surface area contributed by atoms with Crippen LogP contribution in [0.5, 0.6) is 11.5 Å². The van der Waals surface area contributed by atoms with E-state index >= 15 is 0 Å². The van der Waals surface area contributed by atoms with Crippen molar-refractivity contribution in [2.75, 3.05) is 7.11 Å². The van der Waals surface area contributed by atoms with Gasteiger partial charge in [-0.25, -0.2) is 9.67 Å². The van der Waals surface area contributed by atoms with Crippen LogP contribution in [-0.2, 0) is 17.2 Å². The van der Waals surface area contributed by atoms with Gasteiger partial charge in [-0.15, -0.1) is 0 Å². The van der Waals surface area contributed by atoms with Gasteiger partial charge >= 0.3 is 10.1 Å². The number of nitrogens with zero attached hydrogens (tertiary/aromatic N) is 3. The summed E-state index contributed by atoms with van der Waals surface area (Å²) in [5.41, 5.74) is 2.89. The van der Waals surface area contributed by atoms with Crippen molar-refractivity contribution < 1.29 is 17.3 Å². The van der Waals surface area contributed by atoms with Crippen molar-refractivity contribution in [3.63, 3.8) is 0 Å². The highest BCUT2D eigenvalue weighted by atomic mass is 32.2. The largest absolute Gasteiger partial charge is 0.493 e. The number of rotatable bonds is 7. The van der Waals surface area contributed by atoms with Gasteiger partial charge in [0.25, 0.3) is 5.56 Å². The number of methoxy groups -OCH3 is 1. The average Bonchev–Trinajstić information content (AvgIpc) is 3.06. The predicted molar refractivity (Wildman–Crippen MR) is 135 cm³/mol. The minimum atomic E-state index is -4.07. The summed E-state index contributed by atoms with van der Waals surface area (Å²) >= 11 is 0. The van der Waals surface area contributed by atoms with Gasteiger partial charge in [-0.2, -0.15) is 8.42 Å². The molecule has 0 spiro atoms. The monoisotopic (exact) mass is 491 g/mol. The average molecular weight is 492 g/mol. The normalized spacial score (nSPS) is 11.7. The minimum absolute atomic E-state index is 0.0171. The first-order valence-electron chi connectivity index (χ1n) is 10.8. The highest BCUT2D eigenvalue weighted by Crippen LogP contribution is 2.31. The van der Waals surface area contributed by atoms with Crippen LogP contribution in [-0.4, -0.2) is 31.1 Å². The van der Waals surface area contributed by atoms with Crippen LogP contribution in [0.25, 0.3) is 5.69 Å². The molecule has 35 heavy (non-hydrogen) atoms. The van der Waals surface area contributed by atoms with E-state index in [9.17, 15) is 13.2 Å². The van der Waals surface area contributed by atoms with Crippen molar-refractivity contribution in [2.24, 2.45) is 12.0 Å². The molecule has 1 heterocycles. The van der Waals surface area contributed by atoms with Gasteiger partial charge in [0.1, 0.15) is 4.90 Å². The van der Waals surface area contributed by atoms with Crippen LogP contribution < -0.4 is 14.5 Å². The lowest BCUT2D eigenvalue weighted by molar-refractivity contribution is 0.390. The van der Waals surface area contributed by atoms with Crippen molar-refractivity contribution >= 4 is 22.0 Å². The molecule has 0 radical (unpaired) electrons. The van der Waals surface area contributed by atoms with Crippen LogP contribution in [0.2, 0.25) is 0 Å². The fourth-order valence-electron chi connectivity index (χ4n) is 3.55. The van der Waals surface area contributed by atoms with E-state index in [1.807, 2.05) is 44.2 Å². The van der Waals surface area contributed by atoms with E-state index in [1.54, 1.807) is 40.7 Å². The van der Waals surface area contributed by atoms with Gasteiger partial charge in [-0.1, -0.05) is 35.9 Å². The number of aliphatic imine (C=N–C) groups is 1. The SMILES string of the molecule is COc1ccc(C=Nc2c(C)n(C)n(-c3ccccc3)c2=O)cc1OS(=O)(=O)c1ccc(C)cc1. The fraction of sp³-hybridized carbons (Fsp3) is 0.154. The first kappa shape index (κ1) is 24.0. The Morgan fingerprint density at radius 3 is 2.26 bits per heavy atom. The summed E-state index contributed by atoms with van der Waals surface area (Å²) in [6.07, 6.45) is 1.49. The van der Waals surface area contributed by atoms with E-state index in [4.69, 9.17) is 8.92 Å². The molecule has 0 aliphatic rings. The zero-order valence-electron chi connectivity index (χ0n) is 19.8. The van der Waals surface area contributed by atoms with Gasteiger partial charge in [0.15, 0.2) is 17.2 Å². The molecule has 0 bridgehead atoms. The van der Waals surface area contributed by atoms with E-state index in [2.05, 4.69) is 4.99 Å². The summed E-state index contributed by atoms with van der Waals surface area (Å²) in [4.78, 5) is 17.5. The third-order valence-corrected chi connectivity index (χ3v) is 6.81. The van der Waals surface area contributed by atoms with E-state index in [0.29, 0.717) is 11.3 Å². The summed E-state index contributed by atoms with van der Waals surface area (Å²) in [6.45, 7) is 3.68. The maximum absolute atomic E-state index is 13.1. The summed E-state index contributed by atoms with van der Waals surface area (Å²) in [5, 5.41) is 0. The van der Waals surface area contributed by atoms with Crippen molar-refractivity contribution in [3.05, 3.63) is 100.0 Å². The molecule has 4 rings (SSSR count). The van der Waals surface area contributed by atoms with E-state index < -0.39 is 10.1 Å². The Balaban J connectivity index is 1.68. The molecule has 0 saturated carbocycles. The summed E-state index contributed by atoms with van der Waals surface area (Å²) in [6, 6.07) is 20.4. The first-order chi connectivity index (χ1) is 16.7. The zero-order valence-corrected chi connectivity index (χ0v) is 20.6. The third kappa shape index (κ3) is 4.90. The maximum atomic E-state index is 13.1. The molecule has 1 aromatic heterocycles. The van der Waals surface area contributed by atoms with Gasteiger partial charge in [-0.05, 0) is 61.9 Å². The standard InChI is InChI=1S/C26H25N3O5S/c1-18-10-13-22(14-11-18)35(31,32)34-24-16-20(12-15-23(24)33-4)17-27-25-19(2)28(3)29(26(25)30)21-8-6-5-7-9-21/h5-17H,1-4H3. The molecule has 0 atom stereocenters. The molecule has 3 aromatic carbocycles. The lowest BCUT2D eigenvalue weighted by atomic mass is 10.2. The molecular weight excluding hydrogens is 466 g/mol. The first-order valence-corrected chi connectivity index (χ1v) is 12.2. The van der Waals surface area contributed by atoms with Crippen molar-refractivity contribution in [2.45, 2.75) is 18.7 Å². The van der Waals surface area contributed by atoms with Crippen LogP contribution in [0, 0.1) is 13.8 Å². The van der Waals surface area contributed by atoms with Gasteiger partial charge in [0, 0.05) is 13.3 Å². The fourth-order valence-corrected chi connectivity index (χ4v) is 4.48. The number of aromatic nitrogens is 2. The Morgan fingerprint density at radius 1 is 0.914 bits per heavy atom. The number of hydrogen-bond acceptors (Lipinski definition) is 6. The number of para-hydroxylation sites is 1. The number of benzene rings is 3. The predicted octanol–water partition coefficient (Wildman–Crippen LogP) is 4.32. The molecular formula is C26H25N3O5S. The second kappa shape index (κ2) is 9.63. The minimum Gasteiger partial charge on any atom is -0.493 e. The molecule has 4 aromatic rings. The summed E-state index contributed by atoms with van der Waals surface area (Å²) in [5.74, 6) is 0.267. The van der Waals surface area contributed by atoms with Crippen LogP contribution in [0.15, 0.2) is 87.5 Å². The molecule has 8 nitrogen and oxygen atoms in total. The highest BCUT2D eigenvalue weighted by Gasteiger charge is 2.20. The molecule has 0 aliphatic carbocycles. The molecule has 0 amide bonds. The molecule has 0 fully saturated rings. The Labute approximate surface area is 203 Å². The quantitative estimate of drug-likeness (QED) is 0.284. The molecule has 0 aliphatic heterocycles. The molecule has 180 valence electrons. The van der Waals surface area contributed by atoms with E-state index in [1.165, 1.54) is 31.5 Å². The van der Waals surface area contributed by atoms with Crippen LogP contribution >= 0.6 is 0 Å². The number of aryl methyl sites for hydroxylation is 1. The number of hydrogen-bond donors (Lipinski definition) is 0. The topological polar surface area (TPSA) is 91.9 Å². The molecule has 0 saturated heterocycles. The van der Waals surface area contributed by atoms with Crippen molar-refractivity contribution in [3.8, 4) is 17.2 Å². The smallest absolute Gasteiger partial charge is 0.339 e. The van der Waals surface area contributed by atoms with Crippen molar-refractivity contribution in [1.29, 1.82) is 0 Å². The second-order valence-electron chi connectivity index (χ2n) is 7.93.